The van der Waals surface area contributed by atoms with Gasteiger partial charge in [0.05, 0.1) is 49.4 Å². The number of ether oxygens (including phenoxy) is 4. The van der Waals surface area contributed by atoms with Crippen molar-refractivity contribution >= 4 is 33.1 Å². The Morgan fingerprint density at radius 1 is 0.459 bits per heavy atom. The van der Waals surface area contributed by atoms with Gasteiger partial charge in [-0.25, -0.2) is 0 Å². The monoisotopic (exact) mass is 510 g/mol. The number of para-hydroxylation sites is 2. The lowest BCUT2D eigenvalue weighted by Gasteiger charge is -2.21. The molecule has 0 bridgehead atoms. The third-order valence-corrected chi connectivity index (χ3v) is 7.05. The molecule has 4 aromatic rings. The molecule has 0 unspecified atom stereocenters. The lowest BCUT2D eigenvalue weighted by atomic mass is 10.1. The maximum atomic E-state index is 6.09. The summed E-state index contributed by atoms with van der Waals surface area (Å²) in [5.41, 5.74) is 3.75. The van der Waals surface area contributed by atoms with Crippen molar-refractivity contribution in [3.63, 3.8) is 0 Å². The molecule has 0 aromatic heterocycles. The van der Waals surface area contributed by atoms with Crippen molar-refractivity contribution in [2.75, 3.05) is 28.4 Å². The van der Waals surface area contributed by atoms with E-state index in [0.717, 1.165) is 43.6 Å². The third-order valence-electron chi connectivity index (χ3n) is 5.80. The van der Waals surface area contributed by atoms with Crippen molar-refractivity contribution in [3.05, 3.63) is 131 Å². The van der Waals surface area contributed by atoms with Gasteiger partial charge in [0.2, 0.25) is 0 Å². The highest BCUT2D eigenvalue weighted by Gasteiger charge is 2.23. The van der Waals surface area contributed by atoms with Gasteiger partial charge in [-0.1, -0.05) is 96.7 Å². The first kappa shape index (κ1) is 26.0. The summed E-state index contributed by atoms with van der Waals surface area (Å²) >= 11 is 1.59. The van der Waals surface area contributed by atoms with Gasteiger partial charge in [-0.15, -0.1) is 0 Å². The smallest absolute Gasteiger partial charge is 0.144 e. The van der Waals surface area contributed by atoms with E-state index in [0.29, 0.717) is 11.5 Å². The molecular weight excluding hydrogens is 480 g/mol. The van der Waals surface area contributed by atoms with Gasteiger partial charge in [-0.2, -0.15) is 0 Å². The molecule has 188 valence electrons. The molecule has 37 heavy (non-hydrogen) atoms. The molecular formula is C32H30O4S. The fourth-order valence-corrected chi connectivity index (χ4v) is 5.35. The van der Waals surface area contributed by atoms with Gasteiger partial charge < -0.3 is 18.9 Å². The average molecular weight is 511 g/mol. The molecule has 0 aliphatic heterocycles. The van der Waals surface area contributed by atoms with E-state index in [4.69, 9.17) is 18.9 Å². The summed E-state index contributed by atoms with van der Waals surface area (Å²) in [6.45, 7) is 0. The summed E-state index contributed by atoms with van der Waals surface area (Å²) in [4.78, 5) is 1.85. The Morgan fingerprint density at radius 2 is 0.811 bits per heavy atom. The van der Waals surface area contributed by atoms with E-state index in [1.54, 1.807) is 40.2 Å². The molecule has 0 aliphatic rings. The van der Waals surface area contributed by atoms with Gasteiger partial charge in [-0.3, -0.25) is 0 Å². The van der Waals surface area contributed by atoms with Crippen LogP contribution < -0.4 is 9.47 Å². The number of hydrogen-bond acceptors (Lipinski definition) is 5. The van der Waals surface area contributed by atoms with Crippen LogP contribution in [0.2, 0.25) is 0 Å². The largest absolute Gasteiger partial charge is 0.496 e. The van der Waals surface area contributed by atoms with Crippen molar-refractivity contribution in [1.82, 2.24) is 0 Å². The summed E-state index contributed by atoms with van der Waals surface area (Å²) in [7, 11) is 6.71. The molecule has 4 rings (SSSR count). The van der Waals surface area contributed by atoms with E-state index < -0.39 is 0 Å². The molecule has 4 nitrogen and oxygen atoms in total. The van der Waals surface area contributed by atoms with E-state index >= 15 is 0 Å². The molecule has 0 spiro atoms. The zero-order valence-electron chi connectivity index (χ0n) is 21.4. The molecule has 0 saturated carbocycles. The molecule has 0 fully saturated rings. The normalized spacial score (nSPS) is 12.2. The van der Waals surface area contributed by atoms with Crippen molar-refractivity contribution in [2.45, 2.75) is 0 Å². The Balaban J connectivity index is 2.03. The van der Waals surface area contributed by atoms with E-state index in [1.807, 2.05) is 84.9 Å². The van der Waals surface area contributed by atoms with Gasteiger partial charge in [0.25, 0.3) is 0 Å². The lowest BCUT2D eigenvalue weighted by Crippen LogP contribution is -1.99. The maximum absolute atomic E-state index is 6.09. The van der Waals surface area contributed by atoms with Gasteiger partial charge >= 0.3 is 0 Å². The van der Waals surface area contributed by atoms with Crippen molar-refractivity contribution < 1.29 is 18.9 Å². The minimum Gasteiger partial charge on any atom is -0.496 e. The maximum Gasteiger partial charge on any atom is 0.144 e. The molecule has 0 radical (unpaired) electrons. The third kappa shape index (κ3) is 5.84. The van der Waals surface area contributed by atoms with Crippen LogP contribution in [0.3, 0.4) is 0 Å². The first-order valence-electron chi connectivity index (χ1n) is 11.8. The Labute approximate surface area is 223 Å². The van der Waals surface area contributed by atoms with E-state index in [9.17, 15) is 0 Å². The second-order valence-corrected chi connectivity index (χ2v) is 8.98. The van der Waals surface area contributed by atoms with E-state index in [1.165, 1.54) is 0 Å². The molecule has 0 heterocycles. The van der Waals surface area contributed by atoms with Crippen LogP contribution in [0, 0.1) is 0 Å². The van der Waals surface area contributed by atoms with Crippen LogP contribution in [0.1, 0.15) is 22.3 Å². The summed E-state index contributed by atoms with van der Waals surface area (Å²) in [5.74, 6) is 2.88. The molecule has 0 saturated heterocycles. The quantitative estimate of drug-likeness (QED) is 0.159. The predicted octanol–water partition coefficient (Wildman–Crippen LogP) is 8.08. The molecule has 0 amide bonds. The molecule has 0 atom stereocenters. The summed E-state index contributed by atoms with van der Waals surface area (Å²) < 4.78 is 23.6. The highest BCUT2D eigenvalue weighted by molar-refractivity contribution is 8.17. The Morgan fingerprint density at radius 3 is 1.16 bits per heavy atom. The zero-order valence-corrected chi connectivity index (χ0v) is 22.3. The van der Waals surface area contributed by atoms with Gasteiger partial charge in [0.1, 0.15) is 23.0 Å². The van der Waals surface area contributed by atoms with Crippen LogP contribution >= 0.6 is 11.8 Å². The van der Waals surface area contributed by atoms with Crippen LogP contribution in [0.5, 0.6) is 11.5 Å². The molecule has 5 heteroatoms. The molecule has 0 N–H and O–H groups in total. The molecule has 0 aliphatic carbocycles. The highest BCUT2D eigenvalue weighted by atomic mass is 32.2. The van der Waals surface area contributed by atoms with E-state index in [-0.39, 0.29) is 0 Å². The van der Waals surface area contributed by atoms with Crippen LogP contribution in [-0.4, -0.2) is 28.4 Å². The summed E-state index contributed by atoms with van der Waals surface area (Å²) in [5, 5.41) is 0. The second-order valence-electron chi connectivity index (χ2n) is 7.96. The van der Waals surface area contributed by atoms with Gasteiger partial charge in [-0.05, 0) is 35.4 Å². The predicted molar refractivity (Wildman–Crippen MR) is 154 cm³/mol. The van der Waals surface area contributed by atoms with Crippen molar-refractivity contribution in [3.8, 4) is 11.5 Å². The lowest BCUT2D eigenvalue weighted by molar-refractivity contribution is 0.363. The highest BCUT2D eigenvalue weighted by Crippen LogP contribution is 2.48. The standard InChI is InChI=1S/C32H30O4S/c1-33-27-21-13-11-19-25(27)29(35-3)31(23-15-7-5-8-16-23)37-32(24-17-9-6-10-18-24)30(36-4)26-20-12-14-22-28(26)34-2/h5-22H,1-4H3. The molecule has 4 aromatic carbocycles. The average Bonchev–Trinajstić information content (AvgIpc) is 2.97. The Hall–Kier alpha value is -4.09. The summed E-state index contributed by atoms with van der Waals surface area (Å²) in [6, 6.07) is 36.2. The van der Waals surface area contributed by atoms with Crippen molar-refractivity contribution in [1.29, 1.82) is 0 Å². The van der Waals surface area contributed by atoms with Crippen molar-refractivity contribution in [2.24, 2.45) is 0 Å². The van der Waals surface area contributed by atoms with Crippen LogP contribution in [-0.2, 0) is 9.47 Å². The minimum atomic E-state index is 0.706. The Bertz CT molecular complexity index is 1270. The SMILES string of the molecule is COC(=C(SC(=C(OC)c1ccccc1OC)c1ccccc1)c1ccccc1)c1ccccc1OC. The summed E-state index contributed by atoms with van der Waals surface area (Å²) in [6.07, 6.45) is 0. The first-order valence-corrected chi connectivity index (χ1v) is 12.7. The van der Waals surface area contributed by atoms with Crippen LogP contribution in [0.4, 0.5) is 0 Å². The fraction of sp³-hybridized carbons (Fsp3) is 0.125. The number of rotatable bonds is 10. The van der Waals surface area contributed by atoms with Crippen LogP contribution in [0.15, 0.2) is 109 Å². The zero-order chi connectivity index (χ0) is 26.0. The van der Waals surface area contributed by atoms with Gasteiger partial charge in [0.15, 0.2) is 0 Å². The number of thioether (sulfide) groups is 1. The van der Waals surface area contributed by atoms with Crippen LogP contribution in [0.25, 0.3) is 21.3 Å². The first-order chi connectivity index (χ1) is 18.2. The van der Waals surface area contributed by atoms with E-state index in [2.05, 4.69) is 24.3 Å². The minimum absolute atomic E-state index is 0.706. The topological polar surface area (TPSA) is 36.9 Å². The van der Waals surface area contributed by atoms with Gasteiger partial charge in [0, 0.05) is 0 Å². The second kappa shape index (κ2) is 12.7. The number of benzene rings is 4. The fourth-order valence-electron chi connectivity index (χ4n) is 4.07. The number of hydrogen-bond donors (Lipinski definition) is 0. The Kier molecular flexibility index (Phi) is 8.95. The number of methoxy groups -OCH3 is 4.